The SMILES string of the molecule is N#CCCC1Cc2c([nH]c3ccc(C(=O)Nc4cccnc4)cc23)C(=O)N1. The summed E-state index contributed by atoms with van der Waals surface area (Å²) < 4.78 is 0. The first-order valence-corrected chi connectivity index (χ1v) is 8.69. The topological polar surface area (TPSA) is 111 Å². The zero-order chi connectivity index (χ0) is 18.8. The monoisotopic (exact) mass is 359 g/mol. The summed E-state index contributed by atoms with van der Waals surface area (Å²) in [7, 11) is 0. The molecule has 0 radical (unpaired) electrons. The molecule has 134 valence electrons. The van der Waals surface area contributed by atoms with E-state index in [1.807, 2.05) is 6.07 Å². The molecule has 0 spiro atoms. The Morgan fingerprint density at radius 2 is 2.26 bits per heavy atom. The summed E-state index contributed by atoms with van der Waals surface area (Å²) in [5.74, 6) is -0.405. The van der Waals surface area contributed by atoms with Gasteiger partial charge in [-0.25, -0.2) is 0 Å². The van der Waals surface area contributed by atoms with Gasteiger partial charge in [-0.05, 0) is 48.7 Å². The Labute approximate surface area is 155 Å². The van der Waals surface area contributed by atoms with Crippen molar-refractivity contribution in [3.05, 3.63) is 59.5 Å². The highest BCUT2D eigenvalue weighted by Gasteiger charge is 2.28. The molecule has 0 bridgehead atoms. The van der Waals surface area contributed by atoms with Crippen LogP contribution in [0.5, 0.6) is 0 Å². The van der Waals surface area contributed by atoms with E-state index in [1.54, 1.807) is 36.7 Å². The maximum Gasteiger partial charge on any atom is 0.268 e. The van der Waals surface area contributed by atoms with Gasteiger partial charge in [-0.1, -0.05) is 0 Å². The van der Waals surface area contributed by atoms with Gasteiger partial charge in [0.2, 0.25) is 0 Å². The lowest BCUT2D eigenvalue weighted by Gasteiger charge is -2.22. The molecule has 2 amide bonds. The summed E-state index contributed by atoms with van der Waals surface area (Å²) in [5.41, 5.74) is 3.37. The van der Waals surface area contributed by atoms with Crippen LogP contribution in [0.15, 0.2) is 42.7 Å². The molecule has 7 nitrogen and oxygen atoms in total. The minimum Gasteiger partial charge on any atom is -0.350 e. The molecule has 0 saturated carbocycles. The Balaban J connectivity index is 1.66. The molecule has 0 saturated heterocycles. The largest absolute Gasteiger partial charge is 0.350 e. The Hall–Kier alpha value is -3.66. The number of rotatable bonds is 4. The molecule has 3 heterocycles. The highest BCUT2D eigenvalue weighted by molar-refractivity contribution is 6.08. The summed E-state index contributed by atoms with van der Waals surface area (Å²) in [4.78, 5) is 32.1. The van der Waals surface area contributed by atoms with Gasteiger partial charge < -0.3 is 15.6 Å². The second-order valence-corrected chi connectivity index (χ2v) is 6.51. The van der Waals surface area contributed by atoms with E-state index >= 15 is 0 Å². The molecular formula is C20H17N5O2. The van der Waals surface area contributed by atoms with Gasteiger partial charge in [0.05, 0.1) is 18.0 Å². The van der Waals surface area contributed by atoms with Crippen molar-refractivity contribution in [2.75, 3.05) is 5.32 Å². The quantitative estimate of drug-likeness (QED) is 0.665. The van der Waals surface area contributed by atoms with E-state index in [4.69, 9.17) is 5.26 Å². The Morgan fingerprint density at radius 3 is 3.04 bits per heavy atom. The van der Waals surface area contributed by atoms with Crippen molar-refractivity contribution in [3.63, 3.8) is 0 Å². The first kappa shape index (κ1) is 16.8. The van der Waals surface area contributed by atoms with E-state index in [9.17, 15) is 9.59 Å². The van der Waals surface area contributed by atoms with Crippen LogP contribution in [-0.4, -0.2) is 27.8 Å². The fourth-order valence-electron chi connectivity index (χ4n) is 3.40. The lowest BCUT2D eigenvalue weighted by atomic mass is 9.95. The van der Waals surface area contributed by atoms with E-state index in [-0.39, 0.29) is 17.9 Å². The Kier molecular flexibility index (Phi) is 4.30. The summed E-state index contributed by atoms with van der Waals surface area (Å²) >= 11 is 0. The molecule has 1 aromatic carbocycles. The molecule has 1 atom stereocenters. The van der Waals surface area contributed by atoms with Gasteiger partial charge in [0, 0.05) is 35.1 Å². The molecular weight excluding hydrogens is 342 g/mol. The molecule has 27 heavy (non-hydrogen) atoms. The number of H-pyrrole nitrogens is 1. The first-order valence-electron chi connectivity index (χ1n) is 8.69. The van der Waals surface area contributed by atoms with Crippen molar-refractivity contribution in [1.82, 2.24) is 15.3 Å². The number of hydrogen-bond donors (Lipinski definition) is 3. The van der Waals surface area contributed by atoms with Gasteiger partial charge in [0.15, 0.2) is 0 Å². The lowest BCUT2D eigenvalue weighted by Crippen LogP contribution is -2.41. The molecule has 0 aliphatic carbocycles. The van der Waals surface area contributed by atoms with Crippen LogP contribution in [-0.2, 0) is 6.42 Å². The van der Waals surface area contributed by atoms with Crippen molar-refractivity contribution in [2.45, 2.75) is 25.3 Å². The van der Waals surface area contributed by atoms with Gasteiger partial charge >= 0.3 is 0 Å². The highest BCUT2D eigenvalue weighted by atomic mass is 16.2. The fraction of sp³-hybridized carbons (Fsp3) is 0.200. The predicted molar refractivity (Wildman–Crippen MR) is 100 cm³/mol. The molecule has 4 rings (SSSR count). The third-order valence-corrected chi connectivity index (χ3v) is 4.71. The molecule has 7 heteroatoms. The van der Waals surface area contributed by atoms with Gasteiger partial charge in [-0.3, -0.25) is 14.6 Å². The van der Waals surface area contributed by atoms with Crippen molar-refractivity contribution in [1.29, 1.82) is 5.26 Å². The standard InChI is InChI=1S/C20H17N5O2/c21-7-1-3-13-10-16-15-9-12(19(26)24-14-4-2-8-22-11-14)5-6-17(15)25-18(16)20(27)23-13/h2,4-6,8-9,11,13,25H,1,3,10H2,(H,23,27)(H,24,26). The summed E-state index contributed by atoms with van der Waals surface area (Å²) in [6.45, 7) is 0. The number of aromatic amines is 1. The van der Waals surface area contributed by atoms with Crippen LogP contribution in [0.3, 0.4) is 0 Å². The second kappa shape index (κ2) is 6.92. The van der Waals surface area contributed by atoms with Gasteiger partial charge in [0.1, 0.15) is 5.69 Å². The third-order valence-electron chi connectivity index (χ3n) is 4.71. The Bertz CT molecular complexity index is 1070. The zero-order valence-electron chi connectivity index (χ0n) is 14.5. The van der Waals surface area contributed by atoms with Crippen molar-refractivity contribution >= 4 is 28.4 Å². The van der Waals surface area contributed by atoms with E-state index in [1.165, 1.54) is 0 Å². The number of carbonyl (C=O) groups excluding carboxylic acids is 2. The number of nitrogens with one attached hydrogen (secondary N) is 3. The number of amides is 2. The minimum atomic E-state index is -0.235. The van der Waals surface area contributed by atoms with E-state index in [0.29, 0.717) is 36.2 Å². The van der Waals surface area contributed by atoms with Crippen LogP contribution in [0, 0.1) is 11.3 Å². The average molecular weight is 359 g/mol. The number of nitrogens with zero attached hydrogens (tertiary/aromatic N) is 2. The van der Waals surface area contributed by atoms with Gasteiger partial charge in [-0.15, -0.1) is 0 Å². The van der Waals surface area contributed by atoms with Crippen molar-refractivity contribution in [2.24, 2.45) is 0 Å². The van der Waals surface area contributed by atoms with Crippen LogP contribution >= 0.6 is 0 Å². The van der Waals surface area contributed by atoms with Gasteiger partial charge in [-0.2, -0.15) is 5.26 Å². The number of fused-ring (bicyclic) bond motifs is 3. The molecule has 3 N–H and O–H groups in total. The molecule has 2 aromatic heterocycles. The average Bonchev–Trinajstić information content (AvgIpc) is 3.06. The van der Waals surface area contributed by atoms with Crippen LogP contribution in [0.25, 0.3) is 10.9 Å². The van der Waals surface area contributed by atoms with Crippen LogP contribution in [0.2, 0.25) is 0 Å². The number of benzene rings is 1. The fourth-order valence-corrected chi connectivity index (χ4v) is 3.40. The van der Waals surface area contributed by atoms with Crippen molar-refractivity contribution in [3.8, 4) is 6.07 Å². The number of carbonyl (C=O) groups is 2. The first-order chi connectivity index (χ1) is 13.2. The third kappa shape index (κ3) is 3.25. The van der Waals surface area contributed by atoms with Crippen LogP contribution in [0.4, 0.5) is 5.69 Å². The number of pyridine rings is 1. The van der Waals surface area contributed by atoms with E-state index in [2.05, 4.69) is 26.7 Å². The lowest BCUT2D eigenvalue weighted by molar-refractivity contribution is 0.0918. The minimum absolute atomic E-state index is 0.0727. The smallest absolute Gasteiger partial charge is 0.268 e. The van der Waals surface area contributed by atoms with Crippen LogP contribution in [0.1, 0.15) is 39.3 Å². The molecule has 0 fully saturated rings. The highest BCUT2D eigenvalue weighted by Crippen LogP contribution is 2.28. The van der Waals surface area contributed by atoms with E-state index in [0.717, 1.165) is 16.5 Å². The zero-order valence-corrected chi connectivity index (χ0v) is 14.5. The number of aromatic nitrogens is 2. The second-order valence-electron chi connectivity index (χ2n) is 6.51. The summed E-state index contributed by atoms with van der Waals surface area (Å²) in [6.07, 6.45) is 4.85. The van der Waals surface area contributed by atoms with Crippen LogP contribution < -0.4 is 10.6 Å². The molecule has 1 aliphatic heterocycles. The summed E-state index contributed by atoms with van der Waals surface area (Å²) in [6, 6.07) is 10.9. The number of nitriles is 1. The van der Waals surface area contributed by atoms with Gasteiger partial charge in [0.25, 0.3) is 11.8 Å². The molecule has 3 aromatic rings. The Morgan fingerprint density at radius 1 is 1.37 bits per heavy atom. The molecule has 1 unspecified atom stereocenters. The maximum atomic E-state index is 12.6. The maximum absolute atomic E-state index is 12.6. The number of anilines is 1. The normalized spacial score (nSPS) is 15.7. The summed E-state index contributed by atoms with van der Waals surface area (Å²) in [5, 5.41) is 15.4. The molecule has 1 aliphatic rings. The number of hydrogen-bond acceptors (Lipinski definition) is 4. The predicted octanol–water partition coefficient (Wildman–Crippen LogP) is 2.77. The van der Waals surface area contributed by atoms with E-state index < -0.39 is 0 Å². The van der Waals surface area contributed by atoms with Crippen molar-refractivity contribution < 1.29 is 9.59 Å².